The van der Waals surface area contributed by atoms with Crippen LogP contribution in [0.2, 0.25) is 5.02 Å². The van der Waals surface area contributed by atoms with E-state index in [1.165, 1.54) is 11.1 Å². The van der Waals surface area contributed by atoms with Gasteiger partial charge in [-0.2, -0.15) is 5.10 Å². The van der Waals surface area contributed by atoms with Crippen molar-refractivity contribution in [2.75, 3.05) is 19.4 Å². The molecule has 1 N–H and O–H groups in total. The fourth-order valence-corrected chi connectivity index (χ4v) is 3.06. The zero-order valence-electron chi connectivity index (χ0n) is 17.1. The molecule has 0 atom stereocenters. The molecule has 0 radical (unpaired) electrons. The standard InChI is InChI=1S/C22H23ClN4O3/c1-4-27-20(22(29)26(2)3)18(13-24-27)25-21(28)16-9-7-8-15(12-16)14-30-19-11-6-5-10-17(19)23/h5-13H,4,14H2,1-3H3,(H,25,28). The van der Waals surface area contributed by atoms with Crippen molar-refractivity contribution >= 4 is 29.1 Å². The Kier molecular flexibility index (Phi) is 6.74. The topological polar surface area (TPSA) is 76.5 Å². The average Bonchev–Trinajstić information content (AvgIpc) is 3.15. The third-order valence-electron chi connectivity index (χ3n) is 4.42. The Morgan fingerprint density at radius 1 is 1.17 bits per heavy atom. The highest BCUT2D eigenvalue weighted by Crippen LogP contribution is 2.24. The van der Waals surface area contributed by atoms with Crippen molar-refractivity contribution < 1.29 is 14.3 Å². The first-order valence-electron chi connectivity index (χ1n) is 9.45. The first kappa shape index (κ1) is 21.4. The van der Waals surface area contributed by atoms with Crippen LogP contribution in [0.15, 0.2) is 54.7 Å². The lowest BCUT2D eigenvalue weighted by Crippen LogP contribution is -2.26. The molecule has 0 saturated carbocycles. The number of aryl methyl sites for hydroxylation is 1. The number of nitrogens with one attached hydrogen (secondary N) is 1. The van der Waals surface area contributed by atoms with Gasteiger partial charge < -0.3 is 15.0 Å². The number of rotatable bonds is 7. The molecule has 0 saturated heterocycles. The summed E-state index contributed by atoms with van der Waals surface area (Å²) in [5.41, 5.74) is 1.98. The van der Waals surface area contributed by atoms with E-state index in [2.05, 4.69) is 10.4 Å². The number of anilines is 1. The van der Waals surface area contributed by atoms with Gasteiger partial charge >= 0.3 is 0 Å². The van der Waals surface area contributed by atoms with Gasteiger partial charge in [0.05, 0.1) is 16.9 Å². The van der Waals surface area contributed by atoms with Crippen LogP contribution in [-0.4, -0.2) is 40.6 Å². The molecule has 2 aromatic carbocycles. The van der Waals surface area contributed by atoms with Gasteiger partial charge in [-0.3, -0.25) is 14.3 Å². The second-order valence-corrected chi connectivity index (χ2v) is 7.20. The second-order valence-electron chi connectivity index (χ2n) is 6.80. The number of hydrogen-bond acceptors (Lipinski definition) is 4. The van der Waals surface area contributed by atoms with Crippen LogP contribution in [0, 0.1) is 0 Å². The van der Waals surface area contributed by atoms with E-state index in [-0.39, 0.29) is 18.4 Å². The number of nitrogens with zero attached hydrogens (tertiary/aromatic N) is 3. The molecule has 8 heteroatoms. The van der Waals surface area contributed by atoms with Gasteiger partial charge in [-0.25, -0.2) is 0 Å². The number of aromatic nitrogens is 2. The zero-order chi connectivity index (χ0) is 21.7. The van der Waals surface area contributed by atoms with E-state index in [0.29, 0.717) is 34.3 Å². The number of benzene rings is 2. The number of hydrogen-bond donors (Lipinski definition) is 1. The van der Waals surface area contributed by atoms with Crippen molar-refractivity contribution in [3.63, 3.8) is 0 Å². The summed E-state index contributed by atoms with van der Waals surface area (Å²) < 4.78 is 7.30. The molecule has 0 unspecified atom stereocenters. The smallest absolute Gasteiger partial charge is 0.273 e. The Labute approximate surface area is 180 Å². The zero-order valence-corrected chi connectivity index (χ0v) is 17.8. The minimum Gasteiger partial charge on any atom is -0.487 e. The van der Waals surface area contributed by atoms with E-state index in [1.54, 1.807) is 49.1 Å². The summed E-state index contributed by atoms with van der Waals surface area (Å²) in [6.07, 6.45) is 1.49. The molecule has 0 fully saturated rings. The maximum absolute atomic E-state index is 12.8. The van der Waals surface area contributed by atoms with E-state index < -0.39 is 0 Å². The summed E-state index contributed by atoms with van der Waals surface area (Å²) in [6.45, 7) is 2.66. The van der Waals surface area contributed by atoms with Crippen molar-refractivity contribution in [3.05, 3.63) is 76.6 Å². The van der Waals surface area contributed by atoms with Gasteiger partial charge in [0.2, 0.25) is 0 Å². The third-order valence-corrected chi connectivity index (χ3v) is 4.73. The molecule has 3 rings (SSSR count). The molecule has 0 aliphatic rings. The number of halogens is 1. The fraction of sp³-hybridized carbons (Fsp3) is 0.227. The first-order valence-corrected chi connectivity index (χ1v) is 9.83. The van der Waals surface area contributed by atoms with Crippen molar-refractivity contribution in [2.45, 2.75) is 20.1 Å². The molecule has 0 spiro atoms. The molecule has 0 aliphatic heterocycles. The van der Waals surface area contributed by atoms with Gasteiger partial charge in [-0.05, 0) is 36.8 Å². The maximum atomic E-state index is 12.8. The van der Waals surface area contributed by atoms with Crippen LogP contribution >= 0.6 is 11.6 Å². The van der Waals surface area contributed by atoms with Gasteiger partial charge in [0.25, 0.3) is 11.8 Å². The van der Waals surface area contributed by atoms with Crippen LogP contribution in [0.25, 0.3) is 0 Å². The Balaban J connectivity index is 1.75. The lowest BCUT2D eigenvalue weighted by atomic mass is 10.1. The molecule has 7 nitrogen and oxygen atoms in total. The summed E-state index contributed by atoms with van der Waals surface area (Å²) >= 11 is 6.11. The van der Waals surface area contributed by atoms with E-state index in [0.717, 1.165) is 5.56 Å². The minimum absolute atomic E-state index is 0.230. The summed E-state index contributed by atoms with van der Waals surface area (Å²) in [7, 11) is 3.31. The van der Waals surface area contributed by atoms with Gasteiger partial charge in [0.1, 0.15) is 18.1 Å². The van der Waals surface area contributed by atoms with E-state index in [4.69, 9.17) is 16.3 Å². The average molecular weight is 427 g/mol. The third kappa shape index (κ3) is 4.80. The van der Waals surface area contributed by atoms with Crippen LogP contribution in [0.4, 0.5) is 5.69 Å². The highest BCUT2D eigenvalue weighted by molar-refractivity contribution is 6.32. The molecule has 0 aliphatic carbocycles. The Morgan fingerprint density at radius 3 is 2.63 bits per heavy atom. The summed E-state index contributed by atoms with van der Waals surface area (Å²) in [5.74, 6) is 0.0115. The Morgan fingerprint density at radius 2 is 1.93 bits per heavy atom. The number of carbonyl (C=O) groups is 2. The molecular formula is C22H23ClN4O3. The predicted molar refractivity (Wildman–Crippen MR) is 116 cm³/mol. The molecule has 2 amide bonds. The number of carbonyl (C=O) groups excluding carboxylic acids is 2. The lowest BCUT2D eigenvalue weighted by Gasteiger charge is -2.14. The summed E-state index contributed by atoms with van der Waals surface area (Å²) in [4.78, 5) is 26.8. The van der Waals surface area contributed by atoms with Crippen molar-refractivity contribution in [2.24, 2.45) is 0 Å². The van der Waals surface area contributed by atoms with Gasteiger partial charge in [0.15, 0.2) is 0 Å². The van der Waals surface area contributed by atoms with Gasteiger partial charge in [-0.15, -0.1) is 0 Å². The number of para-hydroxylation sites is 1. The van der Waals surface area contributed by atoms with Crippen molar-refractivity contribution in [1.82, 2.24) is 14.7 Å². The number of amides is 2. The fourth-order valence-electron chi connectivity index (χ4n) is 2.87. The minimum atomic E-state index is -0.335. The van der Waals surface area contributed by atoms with Gasteiger partial charge in [0, 0.05) is 26.2 Å². The Hall–Kier alpha value is -3.32. The SMILES string of the molecule is CCn1ncc(NC(=O)c2cccc(COc3ccccc3Cl)c2)c1C(=O)N(C)C. The molecule has 1 heterocycles. The van der Waals surface area contributed by atoms with Crippen molar-refractivity contribution in [3.8, 4) is 5.75 Å². The molecule has 156 valence electrons. The molecule has 1 aromatic heterocycles. The molecule has 30 heavy (non-hydrogen) atoms. The van der Waals surface area contributed by atoms with E-state index >= 15 is 0 Å². The Bertz CT molecular complexity index is 1060. The van der Waals surface area contributed by atoms with Crippen LogP contribution in [0.1, 0.15) is 33.3 Å². The van der Waals surface area contributed by atoms with Crippen LogP contribution in [0.3, 0.4) is 0 Å². The second kappa shape index (κ2) is 9.45. The van der Waals surface area contributed by atoms with Crippen LogP contribution in [-0.2, 0) is 13.2 Å². The predicted octanol–water partition coefficient (Wildman–Crippen LogP) is 4.09. The number of ether oxygens (including phenoxy) is 1. The maximum Gasteiger partial charge on any atom is 0.273 e. The van der Waals surface area contributed by atoms with Crippen LogP contribution in [0.5, 0.6) is 5.75 Å². The lowest BCUT2D eigenvalue weighted by molar-refractivity contribution is 0.0816. The highest BCUT2D eigenvalue weighted by atomic mass is 35.5. The normalized spacial score (nSPS) is 10.5. The molecular weight excluding hydrogens is 404 g/mol. The summed E-state index contributed by atoms with van der Waals surface area (Å²) in [5, 5.41) is 7.52. The molecule has 0 bridgehead atoms. The monoisotopic (exact) mass is 426 g/mol. The quantitative estimate of drug-likeness (QED) is 0.617. The first-order chi connectivity index (χ1) is 14.4. The van der Waals surface area contributed by atoms with Crippen LogP contribution < -0.4 is 10.1 Å². The largest absolute Gasteiger partial charge is 0.487 e. The van der Waals surface area contributed by atoms with E-state index in [1.807, 2.05) is 25.1 Å². The van der Waals surface area contributed by atoms with E-state index in [9.17, 15) is 9.59 Å². The summed E-state index contributed by atoms with van der Waals surface area (Å²) in [6, 6.07) is 14.3. The molecule has 3 aromatic rings. The van der Waals surface area contributed by atoms with Crippen molar-refractivity contribution in [1.29, 1.82) is 0 Å². The highest BCUT2D eigenvalue weighted by Gasteiger charge is 2.21. The van der Waals surface area contributed by atoms with Gasteiger partial charge in [-0.1, -0.05) is 35.9 Å².